The Hall–Kier alpha value is -1.40. The number of halogens is 6. The van der Waals surface area contributed by atoms with Crippen molar-refractivity contribution in [2.45, 2.75) is 31.6 Å². The number of alkyl halides is 6. The molecule has 0 atom stereocenters. The Morgan fingerprint density at radius 3 is 1.89 bits per heavy atom. The SMILES string of the molecule is FC(F)(F)CCCCNc1ccc(C(F)(F)F)cc1. The second-order valence-corrected chi connectivity index (χ2v) is 4.07. The summed E-state index contributed by atoms with van der Waals surface area (Å²) < 4.78 is 72.3. The Balaban J connectivity index is 2.31. The van der Waals surface area contributed by atoms with Crippen LogP contribution in [0.4, 0.5) is 32.0 Å². The molecule has 0 saturated carbocycles. The summed E-state index contributed by atoms with van der Waals surface area (Å²) in [5, 5.41) is 2.77. The number of benzene rings is 1. The molecule has 0 spiro atoms. The average molecular weight is 285 g/mol. The maximum Gasteiger partial charge on any atom is 0.416 e. The van der Waals surface area contributed by atoms with Gasteiger partial charge in [0.05, 0.1) is 5.56 Å². The van der Waals surface area contributed by atoms with E-state index in [4.69, 9.17) is 0 Å². The lowest BCUT2D eigenvalue weighted by Crippen LogP contribution is -2.09. The van der Waals surface area contributed by atoms with E-state index in [1.165, 1.54) is 12.1 Å². The summed E-state index contributed by atoms with van der Waals surface area (Å²) >= 11 is 0. The Bertz CT molecular complexity index is 379. The summed E-state index contributed by atoms with van der Waals surface area (Å²) in [6.07, 6.45) is -9.08. The minimum atomic E-state index is -4.38. The molecule has 0 heterocycles. The largest absolute Gasteiger partial charge is 0.416 e. The number of hydrogen-bond donors (Lipinski definition) is 1. The third-order valence-electron chi connectivity index (χ3n) is 2.43. The highest BCUT2D eigenvalue weighted by molar-refractivity contribution is 5.44. The highest BCUT2D eigenvalue weighted by Gasteiger charge is 2.29. The molecule has 0 unspecified atom stereocenters. The summed E-state index contributed by atoms with van der Waals surface area (Å²) in [4.78, 5) is 0. The number of anilines is 1. The van der Waals surface area contributed by atoms with Crippen molar-refractivity contribution >= 4 is 5.69 Å². The van der Waals surface area contributed by atoms with Gasteiger partial charge in [0.1, 0.15) is 0 Å². The summed E-state index contributed by atoms with van der Waals surface area (Å²) in [6.45, 7) is 0.293. The highest BCUT2D eigenvalue weighted by Crippen LogP contribution is 2.29. The predicted octanol–water partition coefficient (Wildman–Crippen LogP) is 4.85. The van der Waals surface area contributed by atoms with Crippen LogP contribution in [0.2, 0.25) is 0 Å². The van der Waals surface area contributed by atoms with E-state index in [-0.39, 0.29) is 6.42 Å². The minimum absolute atomic E-state index is 0.00284. The van der Waals surface area contributed by atoms with Gasteiger partial charge in [0.25, 0.3) is 0 Å². The number of nitrogens with one attached hydrogen (secondary N) is 1. The van der Waals surface area contributed by atoms with Gasteiger partial charge in [0.15, 0.2) is 0 Å². The van der Waals surface area contributed by atoms with E-state index in [1.807, 2.05) is 0 Å². The molecule has 0 aliphatic rings. The smallest absolute Gasteiger partial charge is 0.385 e. The highest BCUT2D eigenvalue weighted by atomic mass is 19.4. The van der Waals surface area contributed by atoms with Crippen LogP contribution in [0.5, 0.6) is 0 Å². The number of hydrogen-bond acceptors (Lipinski definition) is 1. The van der Waals surface area contributed by atoms with Crippen LogP contribution in [-0.2, 0) is 6.18 Å². The molecule has 0 bridgehead atoms. The fourth-order valence-electron chi connectivity index (χ4n) is 1.46. The quantitative estimate of drug-likeness (QED) is 0.602. The van der Waals surface area contributed by atoms with E-state index in [2.05, 4.69) is 5.32 Å². The molecule has 0 fully saturated rings. The van der Waals surface area contributed by atoms with E-state index >= 15 is 0 Å². The molecular weight excluding hydrogens is 272 g/mol. The molecule has 108 valence electrons. The third-order valence-corrected chi connectivity index (χ3v) is 2.43. The lowest BCUT2D eigenvalue weighted by molar-refractivity contribution is -0.137. The molecule has 7 heteroatoms. The predicted molar refractivity (Wildman–Crippen MR) is 59.8 cm³/mol. The van der Waals surface area contributed by atoms with Crippen LogP contribution < -0.4 is 5.32 Å². The zero-order chi connectivity index (χ0) is 14.5. The van der Waals surface area contributed by atoms with Crippen LogP contribution >= 0.6 is 0 Å². The van der Waals surface area contributed by atoms with Crippen molar-refractivity contribution in [3.63, 3.8) is 0 Å². The van der Waals surface area contributed by atoms with Gasteiger partial charge in [-0.25, -0.2) is 0 Å². The Morgan fingerprint density at radius 1 is 0.842 bits per heavy atom. The van der Waals surface area contributed by atoms with Crippen LogP contribution in [0, 0.1) is 0 Å². The molecule has 0 saturated heterocycles. The summed E-state index contributed by atoms with van der Waals surface area (Å²) in [5.41, 5.74) is -0.296. The molecule has 0 aliphatic carbocycles. The van der Waals surface area contributed by atoms with Crippen molar-refractivity contribution in [3.8, 4) is 0 Å². The van der Waals surface area contributed by atoms with Gasteiger partial charge in [-0.1, -0.05) is 0 Å². The van der Waals surface area contributed by atoms with Gasteiger partial charge in [0.2, 0.25) is 0 Å². The van der Waals surface area contributed by atoms with E-state index in [0.717, 1.165) is 12.1 Å². The number of unbranched alkanes of at least 4 members (excludes halogenated alkanes) is 1. The lowest BCUT2D eigenvalue weighted by atomic mass is 10.2. The summed E-state index contributed by atoms with van der Waals surface area (Å²) in [5.74, 6) is 0. The Morgan fingerprint density at radius 2 is 1.42 bits per heavy atom. The van der Waals surface area contributed by atoms with Crippen LogP contribution in [0.25, 0.3) is 0 Å². The van der Waals surface area contributed by atoms with E-state index < -0.39 is 24.3 Å². The molecular formula is C12H13F6N. The van der Waals surface area contributed by atoms with Crippen LogP contribution in [0.3, 0.4) is 0 Å². The fourth-order valence-corrected chi connectivity index (χ4v) is 1.46. The van der Waals surface area contributed by atoms with Crippen LogP contribution in [0.1, 0.15) is 24.8 Å². The second kappa shape index (κ2) is 6.16. The maximum atomic E-state index is 12.3. The lowest BCUT2D eigenvalue weighted by Gasteiger charge is -2.10. The summed E-state index contributed by atoms with van der Waals surface area (Å²) in [6, 6.07) is 4.37. The van der Waals surface area contributed by atoms with Crippen molar-refractivity contribution in [3.05, 3.63) is 29.8 Å². The molecule has 0 aromatic heterocycles. The van der Waals surface area contributed by atoms with Crippen LogP contribution in [-0.4, -0.2) is 12.7 Å². The molecule has 19 heavy (non-hydrogen) atoms. The average Bonchev–Trinajstić information content (AvgIpc) is 2.26. The topological polar surface area (TPSA) is 12.0 Å². The van der Waals surface area contributed by atoms with Gasteiger partial charge in [0, 0.05) is 18.7 Å². The normalized spacial score (nSPS) is 12.5. The first-order valence-electron chi connectivity index (χ1n) is 5.66. The first-order valence-corrected chi connectivity index (χ1v) is 5.66. The van der Waals surface area contributed by atoms with E-state index in [0.29, 0.717) is 18.7 Å². The first kappa shape index (κ1) is 15.7. The zero-order valence-electron chi connectivity index (χ0n) is 9.91. The van der Waals surface area contributed by atoms with Gasteiger partial charge in [-0.3, -0.25) is 0 Å². The van der Waals surface area contributed by atoms with Crippen molar-refractivity contribution in [2.24, 2.45) is 0 Å². The van der Waals surface area contributed by atoms with Gasteiger partial charge in [-0.05, 0) is 37.1 Å². The van der Waals surface area contributed by atoms with Crippen molar-refractivity contribution in [1.29, 1.82) is 0 Å². The Kier molecular flexibility index (Phi) is 5.08. The molecule has 0 amide bonds. The molecule has 0 aliphatic heterocycles. The summed E-state index contributed by atoms with van der Waals surface area (Å²) in [7, 11) is 0. The van der Waals surface area contributed by atoms with Gasteiger partial charge in [-0.2, -0.15) is 26.3 Å². The molecule has 1 aromatic carbocycles. The van der Waals surface area contributed by atoms with Crippen molar-refractivity contribution < 1.29 is 26.3 Å². The van der Waals surface area contributed by atoms with Crippen molar-refractivity contribution in [2.75, 3.05) is 11.9 Å². The molecule has 0 radical (unpaired) electrons. The van der Waals surface area contributed by atoms with Crippen LogP contribution in [0.15, 0.2) is 24.3 Å². The Labute approximate surface area is 106 Å². The first-order chi connectivity index (χ1) is 8.68. The van der Waals surface area contributed by atoms with Gasteiger partial charge >= 0.3 is 12.4 Å². The van der Waals surface area contributed by atoms with Gasteiger partial charge < -0.3 is 5.32 Å². The molecule has 1 nitrogen and oxygen atoms in total. The minimum Gasteiger partial charge on any atom is -0.385 e. The third kappa shape index (κ3) is 6.35. The van der Waals surface area contributed by atoms with E-state index in [1.54, 1.807) is 0 Å². The molecule has 1 rings (SSSR count). The zero-order valence-corrected chi connectivity index (χ0v) is 9.91. The monoisotopic (exact) mass is 285 g/mol. The number of rotatable bonds is 5. The second-order valence-electron chi connectivity index (χ2n) is 4.07. The molecule has 1 aromatic rings. The molecule has 1 N–H and O–H groups in total. The maximum absolute atomic E-state index is 12.3. The van der Waals surface area contributed by atoms with Gasteiger partial charge in [-0.15, -0.1) is 0 Å². The van der Waals surface area contributed by atoms with Crippen molar-refractivity contribution in [1.82, 2.24) is 0 Å². The fraction of sp³-hybridized carbons (Fsp3) is 0.500. The van der Waals surface area contributed by atoms with E-state index in [9.17, 15) is 26.3 Å². The standard InChI is InChI=1S/C12H13F6N/c13-11(14,15)7-1-2-8-19-10-5-3-9(4-6-10)12(16,17)18/h3-6,19H,1-2,7-8H2.